The molecule has 8 nitrogen and oxygen atoms in total. The minimum atomic E-state index is -0.774. The van der Waals surface area contributed by atoms with Crippen molar-refractivity contribution in [3.8, 4) is 5.75 Å². The molecule has 1 aromatic carbocycles. The molecular formula is C18H25N3O5. The topological polar surface area (TPSA) is 88.2 Å². The summed E-state index contributed by atoms with van der Waals surface area (Å²) in [6, 6.07) is 6.30. The van der Waals surface area contributed by atoms with Crippen molar-refractivity contribution >= 4 is 18.1 Å². The van der Waals surface area contributed by atoms with Gasteiger partial charge in [-0.1, -0.05) is 0 Å². The maximum absolute atomic E-state index is 12.3. The van der Waals surface area contributed by atoms with Crippen LogP contribution < -0.4 is 10.1 Å². The predicted octanol–water partition coefficient (Wildman–Crippen LogP) is 2.10. The fraction of sp³-hybridized carbons (Fsp3) is 0.500. The summed E-state index contributed by atoms with van der Waals surface area (Å²) in [5.74, 6) is 0.126. The number of hydrogen-bond donors (Lipinski definition) is 1. The van der Waals surface area contributed by atoms with E-state index in [0.717, 1.165) is 12.8 Å². The van der Waals surface area contributed by atoms with E-state index in [1.54, 1.807) is 55.1 Å². The third kappa shape index (κ3) is 5.37. The van der Waals surface area contributed by atoms with Gasteiger partial charge >= 0.3 is 12.2 Å². The SMILES string of the molecule is CCOC(=O)Oc1ccc(C(=O)NC2CCN(C(=O)N(C)C)CC2)cc1. The third-order valence-corrected chi connectivity index (χ3v) is 4.06. The van der Waals surface area contributed by atoms with Crippen LogP contribution in [0.15, 0.2) is 24.3 Å². The van der Waals surface area contributed by atoms with Crippen LogP contribution in [-0.4, -0.2) is 67.7 Å². The highest BCUT2D eigenvalue weighted by Crippen LogP contribution is 2.15. The Morgan fingerprint density at radius 2 is 1.77 bits per heavy atom. The highest BCUT2D eigenvalue weighted by atomic mass is 16.7. The quantitative estimate of drug-likeness (QED) is 0.654. The molecule has 1 aliphatic heterocycles. The Morgan fingerprint density at radius 1 is 1.15 bits per heavy atom. The number of carbonyl (C=O) groups excluding carboxylic acids is 3. The van der Waals surface area contributed by atoms with E-state index in [4.69, 9.17) is 9.47 Å². The average molecular weight is 363 g/mol. The monoisotopic (exact) mass is 363 g/mol. The van der Waals surface area contributed by atoms with Crippen molar-refractivity contribution in [2.45, 2.75) is 25.8 Å². The van der Waals surface area contributed by atoms with Gasteiger partial charge < -0.3 is 24.6 Å². The number of nitrogens with zero attached hydrogens (tertiary/aromatic N) is 2. The van der Waals surface area contributed by atoms with Gasteiger partial charge in [-0.05, 0) is 44.0 Å². The average Bonchev–Trinajstić information content (AvgIpc) is 2.62. The lowest BCUT2D eigenvalue weighted by Crippen LogP contribution is -2.49. The van der Waals surface area contributed by atoms with Crippen molar-refractivity contribution in [2.75, 3.05) is 33.8 Å². The number of hydrogen-bond acceptors (Lipinski definition) is 5. The van der Waals surface area contributed by atoms with Crippen LogP contribution in [0.5, 0.6) is 5.75 Å². The Morgan fingerprint density at radius 3 is 2.31 bits per heavy atom. The Labute approximate surface area is 153 Å². The minimum absolute atomic E-state index is 0.00744. The van der Waals surface area contributed by atoms with Crippen LogP contribution in [0.4, 0.5) is 9.59 Å². The molecule has 3 amide bonds. The van der Waals surface area contributed by atoms with Gasteiger partial charge in [0, 0.05) is 38.8 Å². The smallest absolute Gasteiger partial charge is 0.434 e. The number of rotatable bonds is 4. The van der Waals surface area contributed by atoms with Gasteiger partial charge in [0.25, 0.3) is 5.91 Å². The first-order valence-corrected chi connectivity index (χ1v) is 8.62. The molecule has 1 fully saturated rings. The number of benzene rings is 1. The molecule has 2 rings (SSSR count). The number of carbonyl (C=O) groups is 3. The maximum atomic E-state index is 12.3. The molecule has 26 heavy (non-hydrogen) atoms. The first-order chi connectivity index (χ1) is 12.4. The molecule has 0 spiro atoms. The second kappa shape index (κ2) is 9.07. The van der Waals surface area contributed by atoms with E-state index in [-0.39, 0.29) is 24.6 Å². The van der Waals surface area contributed by atoms with Crippen molar-refractivity contribution in [3.05, 3.63) is 29.8 Å². The molecule has 0 unspecified atom stereocenters. The molecule has 8 heteroatoms. The van der Waals surface area contributed by atoms with E-state index >= 15 is 0 Å². The summed E-state index contributed by atoms with van der Waals surface area (Å²) in [6.07, 6.45) is 0.661. The van der Waals surface area contributed by atoms with E-state index in [2.05, 4.69) is 5.32 Å². The summed E-state index contributed by atoms with van der Waals surface area (Å²) >= 11 is 0. The second-order valence-electron chi connectivity index (χ2n) is 6.22. The first-order valence-electron chi connectivity index (χ1n) is 8.62. The van der Waals surface area contributed by atoms with Crippen LogP contribution in [0, 0.1) is 0 Å². The molecule has 0 bridgehead atoms. The van der Waals surface area contributed by atoms with E-state index < -0.39 is 6.16 Å². The zero-order valence-electron chi connectivity index (χ0n) is 15.4. The number of likely N-dealkylation sites (tertiary alicyclic amines) is 1. The standard InChI is InChI=1S/C18H25N3O5/c1-4-25-18(24)26-15-7-5-13(6-8-15)16(22)19-14-9-11-21(12-10-14)17(23)20(2)3/h5-8,14H,4,9-12H2,1-3H3,(H,19,22). The van der Waals surface area contributed by atoms with Crippen LogP contribution >= 0.6 is 0 Å². The summed E-state index contributed by atoms with van der Waals surface area (Å²) in [6.45, 7) is 3.16. The van der Waals surface area contributed by atoms with Crippen LogP contribution in [0.25, 0.3) is 0 Å². The zero-order chi connectivity index (χ0) is 19.1. The Bertz CT molecular complexity index is 637. The minimum Gasteiger partial charge on any atom is -0.434 e. The van der Waals surface area contributed by atoms with E-state index in [9.17, 15) is 14.4 Å². The van der Waals surface area contributed by atoms with Crippen LogP contribution in [0.3, 0.4) is 0 Å². The zero-order valence-corrected chi connectivity index (χ0v) is 15.4. The summed E-state index contributed by atoms with van der Waals surface area (Å²) in [4.78, 5) is 38.8. The Hall–Kier alpha value is -2.77. The van der Waals surface area contributed by atoms with Gasteiger partial charge in [0.1, 0.15) is 5.75 Å². The highest BCUT2D eigenvalue weighted by Gasteiger charge is 2.24. The molecule has 1 aliphatic rings. The number of piperidine rings is 1. The van der Waals surface area contributed by atoms with Crippen molar-refractivity contribution in [3.63, 3.8) is 0 Å². The lowest BCUT2D eigenvalue weighted by atomic mass is 10.0. The number of ether oxygens (including phenoxy) is 2. The lowest BCUT2D eigenvalue weighted by Gasteiger charge is -2.33. The second-order valence-corrected chi connectivity index (χ2v) is 6.22. The van der Waals surface area contributed by atoms with Gasteiger partial charge in [0.2, 0.25) is 0 Å². The van der Waals surface area contributed by atoms with E-state index in [1.807, 2.05) is 0 Å². The molecule has 0 aliphatic carbocycles. The Kier molecular flexibility index (Phi) is 6.82. The summed E-state index contributed by atoms with van der Waals surface area (Å²) in [7, 11) is 3.46. The van der Waals surface area contributed by atoms with Gasteiger partial charge in [-0.2, -0.15) is 0 Å². The van der Waals surface area contributed by atoms with Crippen molar-refractivity contribution in [1.29, 1.82) is 0 Å². The van der Waals surface area contributed by atoms with Crippen LogP contribution in [0.2, 0.25) is 0 Å². The number of amides is 3. The molecule has 0 atom stereocenters. The highest BCUT2D eigenvalue weighted by molar-refractivity contribution is 5.94. The molecular weight excluding hydrogens is 338 g/mol. The lowest BCUT2D eigenvalue weighted by molar-refractivity contribution is 0.0914. The first kappa shape index (κ1) is 19.6. The maximum Gasteiger partial charge on any atom is 0.513 e. The van der Waals surface area contributed by atoms with Crippen LogP contribution in [-0.2, 0) is 4.74 Å². The normalized spacial score (nSPS) is 14.5. The van der Waals surface area contributed by atoms with Crippen molar-refractivity contribution in [2.24, 2.45) is 0 Å². The fourth-order valence-electron chi connectivity index (χ4n) is 2.68. The van der Waals surface area contributed by atoms with Gasteiger partial charge in [-0.15, -0.1) is 0 Å². The van der Waals surface area contributed by atoms with E-state index in [0.29, 0.717) is 24.4 Å². The van der Waals surface area contributed by atoms with Gasteiger partial charge in [0.05, 0.1) is 6.61 Å². The third-order valence-electron chi connectivity index (χ3n) is 4.06. The summed E-state index contributed by atoms with van der Waals surface area (Å²) in [5, 5.41) is 2.98. The van der Waals surface area contributed by atoms with Gasteiger partial charge in [0.15, 0.2) is 0 Å². The molecule has 1 saturated heterocycles. The van der Waals surface area contributed by atoms with Gasteiger partial charge in [-0.3, -0.25) is 4.79 Å². The largest absolute Gasteiger partial charge is 0.513 e. The summed E-state index contributed by atoms with van der Waals surface area (Å²) in [5.41, 5.74) is 0.480. The number of nitrogens with one attached hydrogen (secondary N) is 1. The van der Waals surface area contributed by atoms with Gasteiger partial charge in [-0.25, -0.2) is 9.59 Å². The summed E-state index contributed by atoms with van der Waals surface area (Å²) < 4.78 is 9.65. The number of urea groups is 1. The Balaban J connectivity index is 1.83. The predicted molar refractivity (Wildman–Crippen MR) is 95.2 cm³/mol. The van der Waals surface area contributed by atoms with Crippen molar-refractivity contribution < 1.29 is 23.9 Å². The molecule has 1 heterocycles. The molecule has 142 valence electrons. The van der Waals surface area contributed by atoms with Crippen molar-refractivity contribution in [1.82, 2.24) is 15.1 Å². The molecule has 0 radical (unpaired) electrons. The van der Waals surface area contributed by atoms with Crippen LogP contribution in [0.1, 0.15) is 30.1 Å². The fourth-order valence-corrected chi connectivity index (χ4v) is 2.68. The molecule has 1 N–H and O–H groups in total. The molecule has 0 aromatic heterocycles. The molecule has 1 aromatic rings. The molecule has 0 saturated carbocycles. The van der Waals surface area contributed by atoms with E-state index in [1.165, 1.54) is 0 Å².